The van der Waals surface area contributed by atoms with Gasteiger partial charge in [-0.3, -0.25) is 14.4 Å². The molecule has 0 aliphatic carbocycles. The highest BCUT2D eigenvalue weighted by atomic mass is 16.5. The van der Waals surface area contributed by atoms with Crippen LogP contribution in [0.1, 0.15) is 59.8 Å². The molecule has 0 saturated heterocycles. The topological polar surface area (TPSA) is 113 Å². The monoisotopic (exact) mass is 459 g/mol. The number of nitrogens with one attached hydrogen (secondary N) is 1. The predicted octanol–water partition coefficient (Wildman–Crippen LogP) is 3.65. The van der Waals surface area contributed by atoms with Gasteiger partial charge < -0.3 is 20.3 Å². The number of ketones is 1. The molecular weight excluding hydrogens is 422 g/mol. The standard InChI is InChI=1S/C26H37NO6/c1-17-12-8-5-6-11-15-20(25(32)27-19-13-9-7-10-14-19)33-22(29)16-21(28)26(3,4)24(31)18(2)23(17)30/h6-7,9-11,13-14,17-18,20-21,23,28,30H,5,8,12,15-16H2,1-4H3,(H,27,32)/b11-6+/t17-,18+,20?,21-,23-/m0/s1. The fourth-order valence-corrected chi connectivity index (χ4v) is 4.04. The van der Waals surface area contributed by atoms with E-state index in [0.717, 1.165) is 19.3 Å². The number of anilines is 1. The zero-order chi connectivity index (χ0) is 24.6. The van der Waals surface area contributed by atoms with Gasteiger partial charge in [-0.25, -0.2) is 0 Å². The van der Waals surface area contributed by atoms with E-state index in [1.807, 2.05) is 25.1 Å². The molecular formula is C26H37NO6. The molecule has 1 aliphatic heterocycles. The molecule has 1 unspecified atom stereocenters. The molecule has 3 N–H and O–H groups in total. The van der Waals surface area contributed by atoms with Gasteiger partial charge in [0.15, 0.2) is 6.10 Å². The highest BCUT2D eigenvalue weighted by Gasteiger charge is 2.42. The minimum absolute atomic E-state index is 0.0902. The molecule has 1 aromatic rings. The number of aliphatic hydroxyl groups excluding tert-OH is 2. The van der Waals surface area contributed by atoms with Gasteiger partial charge in [-0.15, -0.1) is 0 Å². The average molecular weight is 460 g/mol. The van der Waals surface area contributed by atoms with Crippen molar-refractivity contribution in [2.24, 2.45) is 17.3 Å². The van der Waals surface area contributed by atoms with Gasteiger partial charge in [0.2, 0.25) is 0 Å². The maximum absolute atomic E-state index is 13.1. The number of allylic oxidation sites excluding steroid dienone is 1. The van der Waals surface area contributed by atoms with Gasteiger partial charge in [-0.05, 0) is 37.3 Å². The molecule has 1 heterocycles. The number of amides is 1. The molecule has 0 radical (unpaired) electrons. The van der Waals surface area contributed by atoms with Gasteiger partial charge in [0.25, 0.3) is 5.91 Å². The van der Waals surface area contributed by atoms with E-state index in [-0.39, 0.29) is 18.1 Å². The third kappa shape index (κ3) is 7.51. The molecule has 1 aliphatic rings. The molecule has 1 amide bonds. The summed E-state index contributed by atoms with van der Waals surface area (Å²) in [5, 5.41) is 24.1. The first-order chi connectivity index (χ1) is 15.5. The summed E-state index contributed by atoms with van der Waals surface area (Å²) in [6.07, 6.45) is 2.56. The lowest BCUT2D eigenvalue weighted by Gasteiger charge is -2.34. The number of hydrogen-bond acceptors (Lipinski definition) is 6. The van der Waals surface area contributed by atoms with Crippen molar-refractivity contribution in [1.29, 1.82) is 0 Å². The van der Waals surface area contributed by atoms with E-state index in [1.165, 1.54) is 0 Å². The molecule has 0 fully saturated rings. The smallest absolute Gasteiger partial charge is 0.309 e. The number of benzene rings is 1. The van der Waals surface area contributed by atoms with E-state index >= 15 is 0 Å². The predicted molar refractivity (Wildman–Crippen MR) is 126 cm³/mol. The molecule has 7 nitrogen and oxygen atoms in total. The fraction of sp³-hybridized carbons (Fsp3) is 0.577. The van der Waals surface area contributed by atoms with Crippen molar-refractivity contribution in [2.75, 3.05) is 5.32 Å². The minimum Gasteiger partial charge on any atom is -0.452 e. The Kier molecular flexibility index (Phi) is 9.80. The third-order valence-corrected chi connectivity index (χ3v) is 6.49. The van der Waals surface area contributed by atoms with Crippen LogP contribution in [-0.4, -0.2) is 46.2 Å². The van der Waals surface area contributed by atoms with Gasteiger partial charge in [0, 0.05) is 18.0 Å². The highest BCUT2D eigenvalue weighted by Crippen LogP contribution is 2.32. The van der Waals surface area contributed by atoms with E-state index in [9.17, 15) is 24.6 Å². The molecule has 7 heteroatoms. The van der Waals surface area contributed by atoms with Gasteiger partial charge >= 0.3 is 5.97 Å². The number of carbonyl (C=O) groups excluding carboxylic acids is 3. The van der Waals surface area contributed by atoms with Crippen molar-refractivity contribution < 1.29 is 29.3 Å². The van der Waals surface area contributed by atoms with Crippen molar-refractivity contribution in [3.63, 3.8) is 0 Å². The van der Waals surface area contributed by atoms with Crippen LogP contribution in [0.2, 0.25) is 0 Å². The van der Waals surface area contributed by atoms with Crippen LogP contribution in [0.3, 0.4) is 0 Å². The molecule has 33 heavy (non-hydrogen) atoms. The third-order valence-electron chi connectivity index (χ3n) is 6.49. The van der Waals surface area contributed by atoms with Crippen molar-refractivity contribution in [3.05, 3.63) is 42.5 Å². The summed E-state index contributed by atoms with van der Waals surface area (Å²) in [7, 11) is 0. The number of carbonyl (C=O) groups is 3. The van der Waals surface area contributed by atoms with Crippen LogP contribution in [0.25, 0.3) is 0 Å². The highest BCUT2D eigenvalue weighted by molar-refractivity contribution is 5.95. The van der Waals surface area contributed by atoms with Crippen LogP contribution in [0.5, 0.6) is 0 Å². The Hall–Kier alpha value is -2.51. The Labute approximate surface area is 196 Å². The van der Waals surface area contributed by atoms with Gasteiger partial charge in [0.05, 0.1) is 24.0 Å². The summed E-state index contributed by atoms with van der Waals surface area (Å²) in [5.74, 6) is -2.32. The summed E-state index contributed by atoms with van der Waals surface area (Å²) in [6, 6.07) is 8.87. The molecule has 5 atom stereocenters. The number of hydrogen-bond donors (Lipinski definition) is 3. The Morgan fingerprint density at radius 1 is 1.09 bits per heavy atom. The zero-order valence-electron chi connectivity index (χ0n) is 20.0. The fourth-order valence-electron chi connectivity index (χ4n) is 4.04. The largest absolute Gasteiger partial charge is 0.452 e. The van der Waals surface area contributed by atoms with Crippen LogP contribution >= 0.6 is 0 Å². The van der Waals surface area contributed by atoms with E-state index in [1.54, 1.807) is 45.0 Å². The first-order valence-corrected chi connectivity index (χ1v) is 11.6. The minimum atomic E-state index is -1.32. The summed E-state index contributed by atoms with van der Waals surface area (Å²) in [4.78, 5) is 38.4. The molecule has 182 valence electrons. The van der Waals surface area contributed by atoms with Crippen molar-refractivity contribution in [2.45, 2.75) is 78.1 Å². The molecule has 2 rings (SSSR count). The summed E-state index contributed by atoms with van der Waals surface area (Å²) >= 11 is 0. The first kappa shape index (κ1) is 26.7. The maximum Gasteiger partial charge on any atom is 0.309 e. The zero-order valence-corrected chi connectivity index (χ0v) is 20.0. The summed E-state index contributed by atoms with van der Waals surface area (Å²) in [6.45, 7) is 6.69. The van der Waals surface area contributed by atoms with Crippen LogP contribution < -0.4 is 5.32 Å². The summed E-state index contributed by atoms with van der Waals surface area (Å²) < 4.78 is 5.43. The quantitative estimate of drug-likeness (QED) is 0.460. The Balaban J connectivity index is 2.22. The normalized spacial score (nSPS) is 30.8. The molecule has 1 aromatic carbocycles. The number of cyclic esters (lactones) is 1. The molecule has 0 spiro atoms. The van der Waals surface area contributed by atoms with Gasteiger partial charge in [-0.2, -0.15) is 0 Å². The molecule has 0 bridgehead atoms. The number of rotatable bonds is 2. The average Bonchev–Trinajstić information content (AvgIpc) is 2.78. The number of Topliss-reactive ketones (excluding diaryl/α,β-unsaturated/α-hetero) is 1. The number of esters is 1. The Morgan fingerprint density at radius 2 is 1.76 bits per heavy atom. The first-order valence-electron chi connectivity index (χ1n) is 11.6. The lowest BCUT2D eigenvalue weighted by molar-refractivity contribution is -0.159. The van der Waals surface area contributed by atoms with Crippen molar-refractivity contribution in [1.82, 2.24) is 0 Å². The van der Waals surface area contributed by atoms with Crippen LogP contribution in [0, 0.1) is 17.3 Å². The lowest BCUT2D eigenvalue weighted by atomic mass is 9.73. The van der Waals surface area contributed by atoms with Crippen molar-refractivity contribution in [3.8, 4) is 0 Å². The van der Waals surface area contributed by atoms with E-state index in [4.69, 9.17) is 4.74 Å². The maximum atomic E-state index is 13.1. The van der Waals surface area contributed by atoms with Crippen LogP contribution in [-0.2, 0) is 19.1 Å². The second-order valence-electron chi connectivity index (χ2n) is 9.53. The Morgan fingerprint density at radius 3 is 2.42 bits per heavy atom. The second-order valence-corrected chi connectivity index (χ2v) is 9.53. The van der Waals surface area contributed by atoms with Gasteiger partial charge in [-0.1, -0.05) is 58.0 Å². The van der Waals surface area contributed by atoms with E-state index < -0.39 is 47.9 Å². The number of aliphatic hydroxyl groups is 2. The van der Waals surface area contributed by atoms with Gasteiger partial charge in [0.1, 0.15) is 5.78 Å². The van der Waals surface area contributed by atoms with Crippen molar-refractivity contribution >= 4 is 23.3 Å². The van der Waals surface area contributed by atoms with E-state index in [2.05, 4.69) is 5.32 Å². The summed E-state index contributed by atoms with van der Waals surface area (Å²) in [5.41, 5.74) is -0.680. The van der Waals surface area contributed by atoms with E-state index in [0.29, 0.717) is 5.69 Å². The molecule has 0 aromatic heterocycles. The van der Waals surface area contributed by atoms with Crippen LogP contribution in [0.4, 0.5) is 5.69 Å². The second kappa shape index (κ2) is 12.1. The Bertz CT molecular complexity index is 834. The number of para-hydroxylation sites is 1. The lowest BCUT2D eigenvalue weighted by Crippen LogP contribution is -2.46. The van der Waals surface area contributed by atoms with Crippen LogP contribution in [0.15, 0.2) is 42.5 Å². The molecule has 0 saturated carbocycles. The number of ether oxygens (including phenoxy) is 1. The SMILES string of the molecule is C[C@H]1CCC/C=C/CC(C(=O)Nc2ccccc2)OC(=O)C[C@H](O)C(C)(C)C(=O)[C@H](C)[C@H]1O.